The fourth-order valence-corrected chi connectivity index (χ4v) is 5.03. The number of rotatable bonds is 2. The van der Waals surface area contributed by atoms with Crippen molar-refractivity contribution in [3.8, 4) is 11.5 Å². The third-order valence-corrected chi connectivity index (χ3v) is 6.46. The largest absolute Gasteiger partial charge is 0.506 e. The first kappa shape index (κ1) is 17.8. The van der Waals surface area contributed by atoms with Gasteiger partial charge in [-0.05, 0) is 13.0 Å². The molecule has 0 bridgehead atoms. The number of ketones is 2. The van der Waals surface area contributed by atoms with Gasteiger partial charge in [0.15, 0.2) is 5.78 Å². The van der Waals surface area contributed by atoms with Gasteiger partial charge in [-0.15, -0.1) is 11.3 Å². The van der Waals surface area contributed by atoms with Gasteiger partial charge in [0.05, 0.1) is 27.1 Å². The number of carbonyl (C=O) groups excluding carboxylic acids is 3. The number of amides is 1. The molecule has 2 heterocycles. The van der Waals surface area contributed by atoms with Gasteiger partial charge in [0.1, 0.15) is 11.5 Å². The molecular formula is C21H16N2O5S. The first-order valence-electron chi connectivity index (χ1n) is 9.18. The van der Waals surface area contributed by atoms with E-state index in [1.54, 1.807) is 24.3 Å². The van der Waals surface area contributed by atoms with E-state index < -0.39 is 17.5 Å². The minimum Gasteiger partial charge on any atom is -0.506 e. The summed E-state index contributed by atoms with van der Waals surface area (Å²) in [5, 5.41) is 29.5. The predicted octanol–water partition coefficient (Wildman–Crippen LogP) is 2.18. The molecule has 4 N–H and O–H groups in total. The molecule has 0 saturated carbocycles. The second-order valence-electron chi connectivity index (χ2n) is 7.17. The van der Waals surface area contributed by atoms with Crippen molar-refractivity contribution in [2.45, 2.75) is 12.5 Å². The average molecular weight is 408 g/mol. The number of benzene rings is 2. The minimum absolute atomic E-state index is 0.0130. The van der Waals surface area contributed by atoms with Crippen LogP contribution in [-0.4, -0.2) is 46.8 Å². The van der Waals surface area contributed by atoms with Crippen molar-refractivity contribution in [3.05, 3.63) is 56.8 Å². The maximum atomic E-state index is 13.3. The number of phenols is 2. The highest BCUT2D eigenvalue weighted by Gasteiger charge is 2.40. The van der Waals surface area contributed by atoms with Crippen LogP contribution in [0.15, 0.2) is 29.6 Å². The molecule has 7 nitrogen and oxygen atoms in total. The van der Waals surface area contributed by atoms with E-state index in [1.807, 2.05) is 0 Å². The fraction of sp³-hybridized carbons (Fsp3) is 0.190. The van der Waals surface area contributed by atoms with E-state index in [4.69, 9.17) is 0 Å². The molecule has 0 radical (unpaired) electrons. The lowest BCUT2D eigenvalue weighted by molar-refractivity contribution is 0.0927. The van der Waals surface area contributed by atoms with Gasteiger partial charge in [0.25, 0.3) is 5.91 Å². The Bertz CT molecular complexity index is 1220. The first-order chi connectivity index (χ1) is 14.0. The molecule has 1 fully saturated rings. The van der Waals surface area contributed by atoms with Gasteiger partial charge in [-0.2, -0.15) is 0 Å². The van der Waals surface area contributed by atoms with Crippen LogP contribution >= 0.6 is 11.3 Å². The topological polar surface area (TPSA) is 116 Å². The minimum atomic E-state index is -0.635. The summed E-state index contributed by atoms with van der Waals surface area (Å²) in [6.07, 6.45) is 0.786. The summed E-state index contributed by atoms with van der Waals surface area (Å²) in [4.78, 5) is 39.2. The molecule has 1 atom stereocenters. The Morgan fingerprint density at radius 2 is 1.69 bits per heavy atom. The van der Waals surface area contributed by atoms with Gasteiger partial charge in [0, 0.05) is 28.7 Å². The van der Waals surface area contributed by atoms with Crippen LogP contribution in [0.3, 0.4) is 0 Å². The molecule has 1 amide bonds. The summed E-state index contributed by atoms with van der Waals surface area (Å²) < 4.78 is 0. The molecule has 1 aromatic heterocycles. The van der Waals surface area contributed by atoms with Crippen LogP contribution in [0.25, 0.3) is 10.8 Å². The van der Waals surface area contributed by atoms with Gasteiger partial charge in [-0.3, -0.25) is 14.4 Å². The first-order valence-corrected chi connectivity index (χ1v) is 10.1. The zero-order valence-corrected chi connectivity index (χ0v) is 15.9. The van der Waals surface area contributed by atoms with Crippen LogP contribution in [0.2, 0.25) is 0 Å². The number of aromatic hydroxyl groups is 2. The van der Waals surface area contributed by atoms with E-state index in [0.29, 0.717) is 6.54 Å². The molecule has 2 aromatic carbocycles. The van der Waals surface area contributed by atoms with E-state index in [0.717, 1.165) is 24.3 Å². The van der Waals surface area contributed by atoms with Crippen molar-refractivity contribution < 1.29 is 24.6 Å². The van der Waals surface area contributed by atoms with Crippen molar-refractivity contribution in [2.24, 2.45) is 0 Å². The zero-order chi connectivity index (χ0) is 20.3. The Labute approximate surface area is 169 Å². The fourth-order valence-electron chi connectivity index (χ4n) is 4.04. The van der Waals surface area contributed by atoms with E-state index in [-0.39, 0.29) is 55.4 Å². The highest BCUT2D eigenvalue weighted by molar-refractivity contribution is 7.13. The second-order valence-corrected chi connectivity index (χ2v) is 8.05. The summed E-state index contributed by atoms with van der Waals surface area (Å²) in [5.74, 6) is -2.34. The van der Waals surface area contributed by atoms with Crippen LogP contribution in [0.5, 0.6) is 11.5 Å². The number of hydrogen-bond donors (Lipinski definition) is 4. The van der Waals surface area contributed by atoms with Gasteiger partial charge < -0.3 is 20.8 Å². The Hall–Kier alpha value is -3.23. The van der Waals surface area contributed by atoms with Gasteiger partial charge >= 0.3 is 0 Å². The number of hydrogen-bond acceptors (Lipinski definition) is 7. The Kier molecular flexibility index (Phi) is 3.94. The van der Waals surface area contributed by atoms with Crippen LogP contribution in [0.4, 0.5) is 0 Å². The summed E-state index contributed by atoms with van der Waals surface area (Å²) >= 11 is 0.994. The van der Waals surface area contributed by atoms with E-state index in [9.17, 15) is 24.6 Å². The molecule has 5 rings (SSSR count). The Morgan fingerprint density at radius 3 is 2.31 bits per heavy atom. The van der Waals surface area contributed by atoms with E-state index in [1.165, 1.54) is 5.38 Å². The van der Waals surface area contributed by atoms with Crippen LogP contribution in [-0.2, 0) is 0 Å². The highest BCUT2D eigenvalue weighted by Crippen LogP contribution is 2.45. The number of fused-ring (bicyclic) bond motifs is 3. The molecule has 0 spiro atoms. The molecule has 2 aliphatic rings. The lowest BCUT2D eigenvalue weighted by Gasteiger charge is -2.20. The normalized spacial score (nSPS) is 18.0. The summed E-state index contributed by atoms with van der Waals surface area (Å²) in [6.45, 7) is 1.45. The molecular weight excluding hydrogens is 392 g/mol. The van der Waals surface area contributed by atoms with E-state index in [2.05, 4.69) is 10.6 Å². The van der Waals surface area contributed by atoms with Crippen LogP contribution in [0, 0.1) is 0 Å². The average Bonchev–Trinajstić information content (AvgIpc) is 3.39. The van der Waals surface area contributed by atoms with Crippen molar-refractivity contribution in [2.75, 3.05) is 13.1 Å². The maximum Gasteiger partial charge on any atom is 0.253 e. The van der Waals surface area contributed by atoms with Crippen molar-refractivity contribution >= 4 is 39.6 Å². The number of thiophene rings is 1. The SMILES string of the molecule is O=C(N[C@H]1CCNC1)c1csc2c1C(=O)c1c(c(O)c3ccccc3c1O)C2=O. The van der Waals surface area contributed by atoms with Crippen LogP contribution < -0.4 is 10.6 Å². The lowest BCUT2D eigenvalue weighted by atomic mass is 9.83. The smallest absolute Gasteiger partial charge is 0.253 e. The molecule has 1 saturated heterocycles. The summed E-state index contributed by atoms with van der Waals surface area (Å²) in [7, 11) is 0. The molecule has 1 aliphatic carbocycles. The van der Waals surface area contributed by atoms with Gasteiger partial charge in [-0.1, -0.05) is 24.3 Å². The summed E-state index contributed by atoms with van der Waals surface area (Å²) in [5.41, 5.74) is -0.366. The molecule has 0 unspecified atom stereocenters. The maximum absolute atomic E-state index is 13.3. The number of phenolic OH excluding ortho intramolecular Hbond substituents is 2. The Morgan fingerprint density at radius 1 is 1.03 bits per heavy atom. The Balaban J connectivity index is 1.67. The molecule has 3 aromatic rings. The molecule has 1 aliphatic heterocycles. The van der Waals surface area contributed by atoms with Crippen molar-refractivity contribution in [3.63, 3.8) is 0 Å². The molecule has 146 valence electrons. The predicted molar refractivity (Wildman–Crippen MR) is 107 cm³/mol. The van der Waals surface area contributed by atoms with E-state index >= 15 is 0 Å². The zero-order valence-electron chi connectivity index (χ0n) is 15.1. The van der Waals surface area contributed by atoms with Crippen LogP contribution in [0.1, 0.15) is 47.9 Å². The third-order valence-electron chi connectivity index (χ3n) is 5.48. The van der Waals surface area contributed by atoms with Crippen molar-refractivity contribution in [1.29, 1.82) is 0 Å². The standard InChI is InChI=1S/C21H16N2O5S/c24-16-10-3-1-2-4-11(10)17(25)15-14(16)18(26)13-12(8-29-20(13)19(15)27)21(28)23-9-5-6-22-7-9/h1-4,8-9,22,24-25H,5-7H2,(H,23,28)/t9-/m0/s1. The highest BCUT2D eigenvalue weighted by atomic mass is 32.1. The van der Waals surface area contributed by atoms with Gasteiger partial charge in [-0.25, -0.2) is 0 Å². The molecule has 29 heavy (non-hydrogen) atoms. The third kappa shape index (κ3) is 2.49. The second kappa shape index (κ2) is 6.40. The summed E-state index contributed by atoms with van der Waals surface area (Å²) in [6, 6.07) is 6.42. The quantitative estimate of drug-likeness (QED) is 0.378. The number of nitrogens with one attached hydrogen (secondary N) is 2. The lowest BCUT2D eigenvalue weighted by Crippen LogP contribution is -2.37. The number of carbonyl (C=O) groups is 3. The van der Waals surface area contributed by atoms with Crippen molar-refractivity contribution in [1.82, 2.24) is 10.6 Å². The van der Waals surface area contributed by atoms with Gasteiger partial charge in [0.2, 0.25) is 5.78 Å². The monoisotopic (exact) mass is 408 g/mol. The molecule has 8 heteroatoms.